The molecule has 0 aliphatic heterocycles. The number of rotatable bonds is 3. The lowest BCUT2D eigenvalue weighted by molar-refractivity contribution is 0.380. The van der Waals surface area contributed by atoms with Crippen LogP contribution in [-0.2, 0) is 6.42 Å². The first-order chi connectivity index (χ1) is 9.78. The van der Waals surface area contributed by atoms with Crippen LogP contribution in [0.15, 0.2) is 39.3 Å². The molecule has 6 heteroatoms. The Morgan fingerprint density at radius 1 is 1.25 bits per heavy atom. The third-order valence-electron chi connectivity index (χ3n) is 2.81. The molecular formula is C14H9BrN4O. The van der Waals surface area contributed by atoms with Crippen molar-refractivity contribution in [2.75, 3.05) is 0 Å². The number of aryl methyl sites for hydroxylation is 1. The van der Waals surface area contributed by atoms with Gasteiger partial charge in [-0.2, -0.15) is 10.2 Å². The second kappa shape index (κ2) is 5.39. The predicted octanol–water partition coefficient (Wildman–Crippen LogP) is 3.50. The minimum atomic E-state index is 0.355. The van der Waals surface area contributed by atoms with Crippen molar-refractivity contribution in [3.05, 3.63) is 40.7 Å². The summed E-state index contributed by atoms with van der Waals surface area (Å²) in [5, 5.41) is 13.5. The van der Waals surface area contributed by atoms with Crippen LogP contribution in [0.25, 0.3) is 22.4 Å². The average molecular weight is 329 g/mol. The van der Waals surface area contributed by atoms with Gasteiger partial charge in [-0.15, -0.1) is 0 Å². The van der Waals surface area contributed by atoms with Crippen LogP contribution >= 0.6 is 15.9 Å². The van der Waals surface area contributed by atoms with E-state index in [1.165, 1.54) is 0 Å². The zero-order valence-corrected chi connectivity index (χ0v) is 12.0. The number of hydrogen-bond donors (Lipinski definition) is 0. The van der Waals surface area contributed by atoms with Crippen LogP contribution in [-0.4, -0.2) is 15.1 Å². The summed E-state index contributed by atoms with van der Waals surface area (Å²) in [6, 6.07) is 11.8. The fourth-order valence-electron chi connectivity index (χ4n) is 1.86. The van der Waals surface area contributed by atoms with E-state index in [9.17, 15) is 0 Å². The van der Waals surface area contributed by atoms with Gasteiger partial charge in [-0.25, -0.2) is 4.98 Å². The molecule has 1 aromatic carbocycles. The first-order valence-corrected chi connectivity index (χ1v) is 6.82. The zero-order chi connectivity index (χ0) is 13.9. The standard InChI is InChI=1S/C14H9BrN4O/c15-10-8-9-4-1-2-5-11(9)17-13(10)14-18-12(20-19-14)6-3-7-16/h1-2,4-5,8H,3,6H2. The van der Waals surface area contributed by atoms with E-state index in [1.54, 1.807) is 0 Å². The minimum Gasteiger partial charge on any atom is -0.339 e. The number of aromatic nitrogens is 3. The highest BCUT2D eigenvalue weighted by Gasteiger charge is 2.14. The largest absolute Gasteiger partial charge is 0.339 e. The normalized spacial score (nSPS) is 10.6. The molecule has 0 aliphatic rings. The highest BCUT2D eigenvalue weighted by molar-refractivity contribution is 9.10. The molecule has 0 N–H and O–H groups in total. The SMILES string of the molecule is N#CCCc1nc(-c2nc3ccccc3cc2Br)no1. The van der Waals surface area contributed by atoms with Crippen molar-refractivity contribution in [2.24, 2.45) is 0 Å². The molecule has 3 aromatic rings. The number of fused-ring (bicyclic) bond motifs is 1. The molecule has 0 amide bonds. The van der Waals surface area contributed by atoms with Crippen LogP contribution in [0.3, 0.4) is 0 Å². The van der Waals surface area contributed by atoms with E-state index in [-0.39, 0.29) is 0 Å². The van der Waals surface area contributed by atoms with Crippen molar-refractivity contribution in [3.63, 3.8) is 0 Å². The third kappa shape index (κ3) is 2.40. The Balaban J connectivity index is 2.03. The molecule has 0 saturated heterocycles. The van der Waals surface area contributed by atoms with Gasteiger partial charge in [-0.1, -0.05) is 23.4 Å². The summed E-state index contributed by atoms with van der Waals surface area (Å²) in [6.45, 7) is 0. The zero-order valence-electron chi connectivity index (χ0n) is 10.4. The highest BCUT2D eigenvalue weighted by atomic mass is 79.9. The number of nitriles is 1. The average Bonchev–Trinajstić information content (AvgIpc) is 2.93. The van der Waals surface area contributed by atoms with Crippen molar-refractivity contribution < 1.29 is 4.52 Å². The maximum atomic E-state index is 8.55. The Morgan fingerprint density at radius 2 is 2.10 bits per heavy atom. The van der Waals surface area contributed by atoms with Crippen molar-refractivity contribution in [3.8, 4) is 17.6 Å². The van der Waals surface area contributed by atoms with Gasteiger partial charge in [0, 0.05) is 22.7 Å². The molecule has 0 unspecified atom stereocenters. The molecule has 5 nitrogen and oxygen atoms in total. The summed E-state index contributed by atoms with van der Waals surface area (Å²) < 4.78 is 5.92. The topological polar surface area (TPSA) is 75.6 Å². The molecule has 98 valence electrons. The van der Waals surface area contributed by atoms with Crippen molar-refractivity contribution in [1.29, 1.82) is 5.26 Å². The Kier molecular flexibility index (Phi) is 3.44. The summed E-state index contributed by atoms with van der Waals surface area (Å²) in [5.74, 6) is 0.874. The number of para-hydroxylation sites is 1. The summed E-state index contributed by atoms with van der Waals surface area (Å²) in [6.07, 6.45) is 0.808. The summed E-state index contributed by atoms with van der Waals surface area (Å²) in [5.41, 5.74) is 1.50. The van der Waals surface area contributed by atoms with E-state index in [0.29, 0.717) is 30.3 Å². The maximum absolute atomic E-state index is 8.55. The van der Waals surface area contributed by atoms with Crippen LogP contribution in [0.4, 0.5) is 0 Å². The fourth-order valence-corrected chi connectivity index (χ4v) is 2.37. The molecule has 0 fully saturated rings. The predicted molar refractivity (Wildman–Crippen MR) is 76.7 cm³/mol. The molecule has 0 radical (unpaired) electrons. The molecule has 3 rings (SSSR count). The van der Waals surface area contributed by atoms with Gasteiger partial charge >= 0.3 is 0 Å². The number of benzene rings is 1. The van der Waals surface area contributed by atoms with Gasteiger partial charge in [0.05, 0.1) is 11.6 Å². The van der Waals surface area contributed by atoms with Crippen LogP contribution in [0.1, 0.15) is 12.3 Å². The molecule has 20 heavy (non-hydrogen) atoms. The third-order valence-corrected chi connectivity index (χ3v) is 3.41. The van der Waals surface area contributed by atoms with Gasteiger partial charge in [0.1, 0.15) is 5.69 Å². The van der Waals surface area contributed by atoms with Gasteiger partial charge in [0.2, 0.25) is 11.7 Å². The first kappa shape index (κ1) is 12.8. The number of pyridine rings is 1. The van der Waals surface area contributed by atoms with E-state index in [1.807, 2.05) is 36.4 Å². The Bertz CT molecular complexity index is 806. The van der Waals surface area contributed by atoms with E-state index >= 15 is 0 Å². The molecule has 0 atom stereocenters. The number of halogens is 1. The minimum absolute atomic E-state index is 0.355. The van der Waals surface area contributed by atoms with Gasteiger partial charge in [0.25, 0.3) is 0 Å². The van der Waals surface area contributed by atoms with E-state index in [4.69, 9.17) is 9.78 Å². The van der Waals surface area contributed by atoms with Gasteiger partial charge in [-0.3, -0.25) is 0 Å². The van der Waals surface area contributed by atoms with Crippen LogP contribution < -0.4 is 0 Å². The molecule has 0 aliphatic carbocycles. The lowest BCUT2D eigenvalue weighted by Gasteiger charge is -2.02. The summed E-state index contributed by atoms with van der Waals surface area (Å²) in [4.78, 5) is 8.81. The van der Waals surface area contributed by atoms with Crippen molar-refractivity contribution in [2.45, 2.75) is 12.8 Å². The molecule has 0 saturated carbocycles. The fraction of sp³-hybridized carbons (Fsp3) is 0.143. The van der Waals surface area contributed by atoms with E-state index < -0.39 is 0 Å². The lowest BCUT2D eigenvalue weighted by Crippen LogP contribution is -1.90. The summed E-state index contributed by atoms with van der Waals surface area (Å²) in [7, 11) is 0. The number of hydrogen-bond acceptors (Lipinski definition) is 5. The second-order valence-corrected chi connectivity index (χ2v) is 5.04. The lowest BCUT2D eigenvalue weighted by atomic mass is 10.2. The number of nitrogens with zero attached hydrogens (tertiary/aromatic N) is 4. The second-order valence-electron chi connectivity index (χ2n) is 4.18. The monoisotopic (exact) mass is 328 g/mol. The molecule has 0 spiro atoms. The van der Waals surface area contributed by atoms with Gasteiger partial charge < -0.3 is 4.52 Å². The first-order valence-electron chi connectivity index (χ1n) is 6.03. The van der Waals surface area contributed by atoms with Gasteiger partial charge in [-0.05, 0) is 28.1 Å². The molecular weight excluding hydrogens is 320 g/mol. The summed E-state index contributed by atoms with van der Waals surface area (Å²) >= 11 is 3.48. The quantitative estimate of drug-likeness (QED) is 0.735. The van der Waals surface area contributed by atoms with Crippen LogP contribution in [0, 0.1) is 11.3 Å². The Labute approximate surface area is 123 Å². The molecule has 0 bridgehead atoms. The van der Waals surface area contributed by atoms with Crippen molar-refractivity contribution in [1.82, 2.24) is 15.1 Å². The maximum Gasteiger partial charge on any atom is 0.228 e. The van der Waals surface area contributed by atoms with Gasteiger partial charge in [0.15, 0.2) is 0 Å². The van der Waals surface area contributed by atoms with Crippen molar-refractivity contribution >= 4 is 26.8 Å². The smallest absolute Gasteiger partial charge is 0.228 e. The van der Waals surface area contributed by atoms with E-state index in [0.717, 1.165) is 15.4 Å². The Morgan fingerprint density at radius 3 is 2.95 bits per heavy atom. The molecule has 2 heterocycles. The highest BCUT2D eigenvalue weighted by Crippen LogP contribution is 2.27. The van der Waals surface area contributed by atoms with Crippen LogP contribution in [0.2, 0.25) is 0 Å². The Hall–Kier alpha value is -2.26. The van der Waals surface area contributed by atoms with E-state index in [2.05, 4.69) is 31.1 Å². The van der Waals surface area contributed by atoms with Crippen LogP contribution in [0.5, 0.6) is 0 Å². The molecule has 2 aromatic heterocycles.